The van der Waals surface area contributed by atoms with E-state index in [0.29, 0.717) is 0 Å². The van der Waals surface area contributed by atoms with E-state index < -0.39 is 17.2 Å². The van der Waals surface area contributed by atoms with Crippen molar-refractivity contribution in [1.82, 2.24) is 4.98 Å². The zero-order valence-electron chi connectivity index (χ0n) is 13.7. The lowest BCUT2D eigenvalue weighted by Gasteiger charge is -2.15. The van der Waals surface area contributed by atoms with Crippen LogP contribution in [0.1, 0.15) is 36.0 Å². The summed E-state index contributed by atoms with van der Waals surface area (Å²) in [7, 11) is 0. The highest BCUT2D eigenvalue weighted by Crippen LogP contribution is 2.44. The summed E-state index contributed by atoms with van der Waals surface area (Å²) in [4.78, 5) is 16.9. The van der Waals surface area contributed by atoms with Crippen LogP contribution in [0.5, 0.6) is 0 Å². The Hall–Kier alpha value is -2.35. The van der Waals surface area contributed by atoms with Crippen LogP contribution in [0.25, 0.3) is 21.7 Å². The third-order valence-corrected chi connectivity index (χ3v) is 4.76. The Labute approximate surface area is 145 Å². The number of carbonyl (C=O) groups excluding carboxylic acids is 1. The molecule has 3 aromatic heterocycles. The maximum atomic E-state index is 13.6. The summed E-state index contributed by atoms with van der Waals surface area (Å²) in [6.45, 7) is 5.06. The van der Waals surface area contributed by atoms with E-state index >= 15 is 0 Å². The van der Waals surface area contributed by atoms with E-state index in [1.807, 2.05) is 0 Å². The van der Waals surface area contributed by atoms with Crippen LogP contribution in [0.4, 0.5) is 18.9 Å². The molecule has 3 heterocycles. The number of nitrogen functional groups attached to an aromatic ring is 1. The standard InChI is InChI=1S/C17H15F3N2O2S/c1-16(2,3)14(23)13-12(21)11-8(17(18,19)20)7-9(22-15(11)25-13)10-5-4-6-24-10/h4-7H,21H2,1-3H3. The summed E-state index contributed by atoms with van der Waals surface area (Å²) in [6, 6.07) is 3.98. The maximum Gasteiger partial charge on any atom is 0.417 e. The van der Waals surface area contributed by atoms with Crippen LogP contribution in [-0.4, -0.2) is 10.8 Å². The molecule has 0 aliphatic heterocycles. The molecule has 0 bridgehead atoms. The number of hydrogen-bond donors (Lipinski definition) is 1. The van der Waals surface area contributed by atoms with Crippen molar-refractivity contribution >= 4 is 33.0 Å². The van der Waals surface area contributed by atoms with Crippen molar-refractivity contribution in [2.75, 3.05) is 5.73 Å². The zero-order valence-corrected chi connectivity index (χ0v) is 14.5. The first-order valence-electron chi connectivity index (χ1n) is 7.39. The smallest absolute Gasteiger partial charge is 0.417 e. The van der Waals surface area contributed by atoms with Crippen molar-refractivity contribution < 1.29 is 22.4 Å². The maximum absolute atomic E-state index is 13.6. The molecule has 0 aliphatic rings. The van der Waals surface area contributed by atoms with Gasteiger partial charge in [-0.15, -0.1) is 11.3 Å². The lowest BCUT2D eigenvalue weighted by Crippen LogP contribution is -2.20. The van der Waals surface area contributed by atoms with Gasteiger partial charge in [-0.25, -0.2) is 4.98 Å². The SMILES string of the molecule is CC(C)(C)C(=O)c1sc2nc(-c3ccco3)cc(C(F)(F)F)c2c1N. The molecule has 8 heteroatoms. The molecule has 132 valence electrons. The van der Waals surface area contributed by atoms with Gasteiger partial charge >= 0.3 is 6.18 Å². The largest absolute Gasteiger partial charge is 0.463 e. The van der Waals surface area contributed by atoms with Gasteiger partial charge in [-0.1, -0.05) is 20.8 Å². The van der Waals surface area contributed by atoms with E-state index in [1.54, 1.807) is 26.8 Å². The normalized spacial score (nSPS) is 12.7. The van der Waals surface area contributed by atoms with E-state index in [4.69, 9.17) is 10.2 Å². The van der Waals surface area contributed by atoms with Crippen LogP contribution in [0.3, 0.4) is 0 Å². The number of fused-ring (bicyclic) bond motifs is 1. The Kier molecular flexibility index (Phi) is 3.90. The molecule has 0 saturated heterocycles. The van der Waals surface area contributed by atoms with E-state index in [2.05, 4.69) is 4.98 Å². The molecule has 4 nitrogen and oxygen atoms in total. The number of Topliss-reactive ketones (excluding diaryl/α,β-unsaturated/α-hetero) is 1. The monoisotopic (exact) mass is 368 g/mol. The summed E-state index contributed by atoms with van der Waals surface area (Å²) < 4.78 is 45.9. The number of halogens is 3. The van der Waals surface area contributed by atoms with Gasteiger partial charge in [0.2, 0.25) is 0 Å². The number of nitrogens with two attached hydrogens (primary N) is 1. The molecule has 0 amide bonds. The Morgan fingerprint density at radius 2 is 1.96 bits per heavy atom. The summed E-state index contributed by atoms with van der Waals surface area (Å²) in [6.07, 6.45) is -3.29. The molecule has 3 aromatic rings. The second-order valence-electron chi connectivity index (χ2n) is 6.63. The Morgan fingerprint density at radius 1 is 1.28 bits per heavy atom. The second-order valence-corrected chi connectivity index (χ2v) is 7.63. The predicted octanol–water partition coefficient (Wildman–Crippen LogP) is 5.39. The van der Waals surface area contributed by atoms with Gasteiger partial charge in [-0.05, 0) is 18.2 Å². The molecule has 0 fully saturated rings. The van der Waals surface area contributed by atoms with E-state index in [-0.39, 0.29) is 38.0 Å². The summed E-state index contributed by atoms with van der Waals surface area (Å²) >= 11 is 0.873. The highest BCUT2D eigenvalue weighted by molar-refractivity contribution is 7.21. The van der Waals surface area contributed by atoms with Gasteiger partial charge in [0.25, 0.3) is 0 Å². The summed E-state index contributed by atoms with van der Waals surface area (Å²) in [5, 5.41) is -0.236. The fourth-order valence-corrected chi connectivity index (χ4v) is 3.67. The first kappa shape index (κ1) is 17.5. The minimum Gasteiger partial charge on any atom is -0.463 e. The number of anilines is 1. The predicted molar refractivity (Wildman–Crippen MR) is 90.5 cm³/mol. The van der Waals surface area contributed by atoms with Crippen molar-refractivity contribution in [2.45, 2.75) is 26.9 Å². The number of carbonyl (C=O) groups is 1. The zero-order chi connectivity index (χ0) is 18.6. The highest BCUT2D eigenvalue weighted by Gasteiger charge is 2.37. The first-order valence-corrected chi connectivity index (χ1v) is 8.20. The number of rotatable bonds is 2. The van der Waals surface area contributed by atoms with Crippen molar-refractivity contribution in [2.24, 2.45) is 5.41 Å². The fraction of sp³-hybridized carbons (Fsp3) is 0.294. The molecule has 0 aromatic carbocycles. The molecule has 3 rings (SSSR count). The molecular weight excluding hydrogens is 353 g/mol. The molecule has 25 heavy (non-hydrogen) atoms. The van der Waals surface area contributed by atoms with Crippen LogP contribution in [-0.2, 0) is 6.18 Å². The molecule has 2 N–H and O–H groups in total. The van der Waals surface area contributed by atoms with Crippen LogP contribution in [0.15, 0.2) is 28.9 Å². The first-order chi connectivity index (χ1) is 11.5. The molecular formula is C17H15F3N2O2S. The van der Waals surface area contributed by atoms with Gasteiger partial charge in [-0.2, -0.15) is 13.2 Å². The molecule has 0 unspecified atom stereocenters. The van der Waals surface area contributed by atoms with Gasteiger partial charge in [-0.3, -0.25) is 4.79 Å². The summed E-state index contributed by atoms with van der Waals surface area (Å²) in [5.74, 6) is -0.108. The quantitative estimate of drug-likeness (QED) is 0.616. The molecule has 0 spiro atoms. The van der Waals surface area contributed by atoms with Gasteiger partial charge in [0.05, 0.1) is 22.4 Å². The minimum atomic E-state index is -4.64. The Balaban J connectivity index is 2.34. The number of alkyl halides is 3. The van der Waals surface area contributed by atoms with E-state index in [1.165, 1.54) is 12.3 Å². The van der Waals surface area contributed by atoms with Crippen LogP contribution < -0.4 is 5.73 Å². The van der Waals surface area contributed by atoms with Crippen LogP contribution in [0.2, 0.25) is 0 Å². The highest BCUT2D eigenvalue weighted by atomic mass is 32.1. The van der Waals surface area contributed by atoms with Crippen molar-refractivity contribution in [1.29, 1.82) is 0 Å². The number of nitrogens with zero attached hydrogens (tertiary/aromatic N) is 1. The average molecular weight is 368 g/mol. The topological polar surface area (TPSA) is 69.1 Å². The van der Waals surface area contributed by atoms with Crippen molar-refractivity contribution in [3.63, 3.8) is 0 Å². The Morgan fingerprint density at radius 3 is 2.48 bits per heavy atom. The van der Waals surface area contributed by atoms with Crippen LogP contribution >= 0.6 is 11.3 Å². The fourth-order valence-electron chi connectivity index (χ4n) is 2.40. The van der Waals surface area contributed by atoms with E-state index in [0.717, 1.165) is 17.4 Å². The third-order valence-electron chi connectivity index (χ3n) is 3.67. The summed E-state index contributed by atoms with van der Waals surface area (Å²) in [5.41, 5.74) is 4.10. The molecule has 0 aliphatic carbocycles. The van der Waals surface area contributed by atoms with E-state index in [9.17, 15) is 18.0 Å². The number of thiophene rings is 1. The van der Waals surface area contributed by atoms with Gasteiger partial charge in [0.15, 0.2) is 11.5 Å². The van der Waals surface area contributed by atoms with Crippen molar-refractivity contribution in [3.8, 4) is 11.5 Å². The number of furan rings is 1. The second kappa shape index (κ2) is 5.59. The number of hydrogen-bond acceptors (Lipinski definition) is 5. The molecule has 0 atom stereocenters. The van der Waals surface area contributed by atoms with Crippen LogP contribution in [0, 0.1) is 5.41 Å². The minimum absolute atomic E-state index is 0.0424. The average Bonchev–Trinajstić information content (AvgIpc) is 3.12. The molecule has 0 saturated carbocycles. The van der Waals surface area contributed by atoms with Crippen molar-refractivity contribution in [3.05, 3.63) is 34.9 Å². The number of ketones is 1. The van der Waals surface area contributed by atoms with Gasteiger partial charge in [0.1, 0.15) is 10.5 Å². The number of aromatic nitrogens is 1. The number of pyridine rings is 1. The van der Waals surface area contributed by atoms with Gasteiger partial charge in [0, 0.05) is 10.8 Å². The van der Waals surface area contributed by atoms with Gasteiger partial charge < -0.3 is 10.2 Å². The lowest BCUT2D eigenvalue weighted by molar-refractivity contribution is -0.136. The molecule has 0 radical (unpaired) electrons. The lowest BCUT2D eigenvalue weighted by atomic mass is 9.89. The third kappa shape index (κ3) is 3.02. The Bertz CT molecular complexity index is 951.